The van der Waals surface area contributed by atoms with Crippen LogP contribution in [0.5, 0.6) is 0 Å². The Hall–Kier alpha value is -2.56. The van der Waals surface area contributed by atoms with E-state index in [1.54, 1.807) is 10.7 Å². The molecule has 1 aromatic carbocycles. The molecule has 0 atom stereocenters. The van der Waals surface area contributed by atoms with E-state index in [4.69, 9.17) is 0 Å². The van der Waals surface area contributed by atoms with E-state index in [1.807, 2.05) is 24.4 Å². The smallest absolute Gasteiger partial charge is 0.141 e. The Morgan fingerprint density at radius 1 is 1.00 bits per heavy atom. The van der Waals surface area contributed by atoms with Crippen LogP contribution in [-0.4, -0.2) is 20.0 Å². The van der Waals surface area contributed by atoms with Crippen LogP contribution in [0.3, 0.4) is 0 Å². The second kappa shape index (κ2) is 6.26. The zero-order valence-electron chi connectivity index (χ0n) is 11.5. The van der Waals surface area contributed by atoms with Gasteiger partial charge in [0, 0.05) is 6.54 Å². The SMILES string of the molecule is Fc1ccc(-c2cn(CCCc3ccccc3)nn2)nc1. The van der Waals surface area contributed by atoms with Crippen molar-refractivity contribution in [1.82, 2.24) is 20.0 Å². The van der Waals surface area contributed by atoms with Gasteiger partial charge in [-0.05, 0) is 30.5 Å². The van der Waals surface area contributed by atoms with Gasteiger partial charge in [-0.3, -0.25) is 9.67 Å². The van der Waals surface area contributed by atoms with Crippen molar-refractivity contribution in [2.75, 3.05) is 0 Å². The quantitative estimate of drug-likeness (QED) is 0.722. The molecule has 2 heterocycles. The minimum Gasteiger partial charge on any atom is -0.252 e. The van der Waals surface area contributed by atoms with Crippen molar-refractivity contribution in [3.63, 3.8) is 0 Å². The average molecular weight is 282 g/mol. The largest absolute Gasteiger partial charge is 0.252 e. The second-order valence-corrected chi connectivity index (χ2v) is 4.82. The third-order valence-corrected chi connectivity index (χ3v) is 3.22. The lowest BCUT2D eigenvalue weighted by molar-refractivity contribution is 0.559. The summed E-state index contributed by atoms with van der Waals surface area (Å²) in [7, 11) is 0. The summed E-state index contributed by atoms with van der Waals surface area (Å²) in [4.78, 5) is 4.00. The van der Waals surface area contributed by atoms with Gasteiger partial charge in [0.25, 0.3) is 0 Å². The fourth-order valence-electron chi connectivity index (χ4n) is 2.14. The maximum absolute atomic E-state index is 12.8. The van der Waals surface area contributed by atoms with Crippen molar-refractivity contribution in [3.8, 4) is 11.4 Å². The summed E-state index contributed by atoms with van der Waals surface area (Å²) in [6.45, 7) is 0.795. The van der Waals surface area contributed by atoms with Crippen molar-refractivity contribution >= 4 is 0 Å². The summed E-state index contributed by atoms with van der Waals surface area (Å²) in [5, 5.41) is 8.15. The summed E-state index contributed by atoms with van der Waals surface area (Å²) in [5.74, 6) is -0.353. The zero-order valence-corrected chi connectivity index (χ0v) is 11.5. The van der Waals surface area contributed by atoms with Gasteiger partial charge in [0.15, 0.2) is 0 Å². The fourth-order valence-corrected chi connectivity index (χ4v) is 2.14. The van der Waals surface area contributed by atoms with Gasteiger partial charge in [0.1, 0.15) is 11.5 Å². The average Bonchev–Trinajstić information content (AvgIpc) is 2.98. The van der Waals surface area contributed by atoms with E-state index < -0.39 is 0 Å². The fraction of sp³-hybridized carbons (Fsp3) is 0.188. The summed E-state index contributed by atoms with van der Waals surface area (Å²) < 4.78 is 14.6. The van der Waals surface area contributed by atoms with E-state index in [2.05, 4.69) is 27.4 Å². The Labute approximate surface area is 122 Å². The van der Waals surface area contributed by atoms with Crippen molar-refractivity contribution in [2.24, 2.45) is 0 Å². The standard InChI is InChI=1S/C16H15FN4/c17-14-8-9-15(18-11-14)16-12-21(20-19-16)10-4-7-13-5-2-1-3-6-13/h1-3,5-6,8-9,11-12H,4,7,10H2. The molecule has 0 aliphatic heterocycles. The first-order valence-electron chi connectivity index (χ1n) is 6.87. The number of halogens is 1. The molecule has 21 heavy (non-hydrogen) atoms. The lowest BCUT2D eigenvalue weighted by atomic mass is 10.1. The molecule has 4 nitrogen and oxygen atoms in total. The molecule has 0 unspecified atom stereocenters. The van der Waals surface area contributed by atoms with Crippen LogP contribution in [0.25, 0.3) is 11.4 Å². The molecule has 0 fully saturated rings. The first kappa shape index (κ1) is 13.4. The molecule has 3 rings (SSSR count). The number of benzene rings is 1. The van der Waals surface area contributed by atoms with Gasteiger partial charge in [-0.25, -0.2) is 4.39 Å². The number of pyridine rings is 1. The van der Waals surface area contributed by atoms with Gasteiger partial charge in [-0.1, -0.05) is 35.5 Å². The van der Waals surface area contributed by atoms with Gasteiger partial charge < -0.3 is 0 Å². The van der Waals surface area contributed by atoms with Gasteiger partial charge in [0.2, 0.25) is 0 Å². The highest BCUT2D eigenvalue weighted by molar-refractivity contribution is 5.51. The maximum atomic E-state index is 12.8. The minimum atomic E-state index is -0.353. The Morgan fingerprint density at radius 3 is 2.62 bits per heavy atom. The molecule has 3 aromatic rings. The van der Waals surface area contributed by atoms with E-state index in [9.17, 15) is 4.39 Å². The summed E-state index contributed by atoms with van der Waals surface area (Å²) in [6, 6.07) is 13.3. The predicted octanol–water partition coefficient (Wildman–Crippen LogP) is 3.11. The molecule has 0 bridgehead atoms. The van der Waals surface area contributed by atoms with E-state index in [1.165, 1.54) is 17.8 Å². The third kappa shape index (κ3) is 3.51. The molecular formula is C16H15FN4. The molecule has 0 saturated carbocycles. The molecule has 0 radical (unpaired) electrons. The maximum Gasteiger partial charge on any atom is 0.141 e. The predicted molar refractivity (Wildman–Crippen MR) is 78.0 cm³/mol. The number of aromatic nitrogens is 4. The van der Waals surface area contributed by atoms with Gasteiger partial charge in [0.05, 0.1) is 18.1 Å². The first-order valence-corrected chi connectivity index (χ1v) is 6.87. The van der Waals surface area contributed by atoms with E-state index in [0.29, 0.717) is 11.4 Å². The number of hydrogen-bond donors (Lipinski definition) is 0. The van der Waals surface area contributed by atoms with Gasteiger partial charge in [-0.15, -0.1) is 5.10 Å². The molecule has 5 heteroatoms. The van der Waals surface area contributed by atoms with Gasteiger partial charge >= 0.3 is 0 Å². The number of aryl methyl sites for hydroxylation is 2. The molecule has 0 saturated heterocycles. The topological polar surface area (TPSA) is 43.6 Å². The highest BCUT2D eigenvalue weighted by Gasteiger charge is 2.05. The van der Waals surface area contributed by atoms with Crippen LogP contribution in [-0.2, 0) is 13.0 Å². The Bertz CT molecular complexity index is 692. The molecular weight excluding hydrogens is 267 g/mol. The van der Waals surface area contributed by atoms with Crippen molar-refractivity contribution in [3.05, 3.63) is 66.2 Å². The molecule has 0 N–H and O–H groups in total. The van der Waals surface area contributed by atoms with Crippen LogP contribution in [0, 0.1) is 5.82 Å². The van der Waals surface area contributed by atoms with E-state index >= 15 is 0 Å². The van der Waals surface area contributed by atoms with Crippen molar-refractivity contribution < 1.29 is 4.39 Å². The lowest BCUT2D eigenvalue weighted by Gasteiger charge is -2.01. The third-order valence-electron chi connectivity index (χ3n) is 3.22. The molecule has 2 aromatic heterocycles. The van der Waals surface area contributed by atoms with Crippen LogP contribution in [0.15, 0.2) is 54.9 Å². The van der Waals surface area contributed by atoms with Crippen LogP contribution in [0.1, 0.15) is 12.0 Å². The zero-order chi connectivity index (χ0) is 14.5. The van der Waals surface area contributed by atoms with Gasteiger partial charge in [-0.2, -0.15) is 0 Å². The van der Waals surface area contributed by atoms with E-state index in [-0.39, 0.29) is 5.82 Å². The van der Waals surface area contributed by atoms with Crippen LogP contribution < -0.4 is 0 Å². The van der Waals surface area contributed by atoms with Crippen LogP contribution in [0.2, 0.25) is 0 Å². The van der Waals surface area contributed by atoms with Crippen LogP contribution in [0.4, 0.5) is 4.39 Å². The monoisotopic (exact) mass is 282 g/mol. The second-order valence-electron chi connectivity index (χ2n) is 4.82. The minimum absolute atomic E-state index is 0.353. The van der Waals surface area contributed by atoms with Crippen LogP contribution >= 0.6 is 0 Å². The first-order chi connectivity index (χ1) is 10.3. The summed E-state index contributed by atoms with van der Waals surface area (Å²) in [6.07, 6.45) is 5.02. The van der Waals surface area contributed by atoms with Crippen molar-refractivity contribution in [1.29, 1.82) is 0 Å². The molecule has 0 aliphatic carbocycles. The number of hydrogen-bond acceptors (Lipinski definition) is 3. The highest BCUT2D eigenvalue weighted by atomic mass is 19.1. The normalized spacial score (nSPS) is 10.7. The Kier molecular flexibility index (Phi) is 4.00. The molecule has 0 amide bonds. The highest BCUT2D eigenvalue weighted by Crippen LogP contribution is 2.13. The van der Waals surface area contributed by atoms with Crippen molar-refractivity contribution in [2.45, 2.75) is 19.4 Å². The number of nitrogens with zero attached hydrogens (tertiary/aromatic N) is 4. The molecule has 106 valence electrons. The molecule has 0 spiro atoms. The summed E-state index contributed by atoms with van der Waals surface area (Å²) >= 11 is 0. The van der Waals surface area contributed by atoms with E-state index in [0.717, 1.165) is 19.4 Å². The number of rotatable bonds is 5. The Morgan fingerprint density at radius 2 is 1.86 bits per heavy atom. The summed E-state index contributed by atoms with van der Waals surface area (Å²) in [5.41, 5.74) is 2.61. The lowest BCUT2D eigenvalue weighted by Crippen LogP contribution is -2.00. The molecule has 0 aliphatic rings. The Balaban J connectivity index is 1.59.